The summed E-state index contributed by atoms with van der Waals surface area (Å²) in [6.45, 7) is 1.96. The van der Waals surface area contributed by atoms with Crippen molar-refractivity contribution in [2.45, 2.75) is 37.1 Å². The van der Waals surface area contributed by atoms with E-state index in [9.17, 15) is 0 Å². The van der Waals surface area contributed by atoms with Gasteiger partial charge in [0.2, 0.25) is 0 Å². The molecule has 4 rings (SSSR count). The first kappa shape index (κ1) is 27.6. The standard InChI is InChI=1S/C32H37O6P/c1-5-6-10-22-37-39(4)38-30-21-23-35-31(30)24-36-32(25-11-8-7-9-12-25,26-13-17-28(33-2)18-14-26)27-15-19-29(34-3)20-16-27/h1,7-9,11-20,30-31H,6,10,21-24H2,2-4H3/t30-,31-,39?/m1/s1/i23T/t23?,30-,31-,39?. The van der Waals surface area contributed by atoms with Crippen molar-refractivity contribution in [1.82, 2.24) is 0 Å². The Labute approximate surface area is 234 Å². The summed E-state index contributed by atoms with van der Waals surface area (Å²) < 4.78 is 44.2. The van der Waals surface area contributed by atoms with E-state index in [-0.39, 0.29) is 12.7 Å². The molecule has 0 spiro atoms. The van der Waals surface area contributed by atoms with Gasteiger partial charge < -0.3 is 28.0 Å². The van der Waals surface area contributed by atoms with Gasteiger partial charge in [-0.05, 0) is 47.4 Å². The van der Waals surface area contributed by atoms with Crippen LogP contribution < -0.4 is 9.47 Å². The monoisotopic (exact) mass is 550 g/mol. The van der Waals surface area contributed by atoms with Crippen LogP contribution in [-0.2, 0) is 24.1 Å². The molecule has 206 valence electrons. The van der Waals surface area contributed by atoms with Gasteiger partial charge in [-0.1, -0.05) is 54.6 Å². The lowest BCUT2D eigenvalue weighted by atomic mass is 9.80. The highest BCUT2D eigenvalue weighted by molar-refractivity contribution is 7.46. The number of methoxy groups -OCH3 is 2. The summed E-state index contributed by atoms with van der Waals surface area (Å²) in [5.74, 6) is 4.13. The van der Waals surface area contributed by atoms with Crippen LogP contribution in [0.25, 0.3) is 0 Å². The average Bonchev–Trinajstić information content (AvgIpc) is 3.35. The number of benzene rings is 3. The minimum absolute atomic E-state index is 0.202. The predicted molar refractivity (Wildman–Crippen MR) is 154 cm³/mol. The predicted octanol–water partition coefficient (Wildman–Crippen LogP) is 6.56. The Hall–Kier alpha value is -2.91. The Morgan fingerprint density at radius 3 is 2.10 bits per heavy atom. The van der Waals surface area contributed by atoms with Crippen LogP contribution in [0.4, 0.5) is 0 Å². The molecular formula is C32H37O6P. The zero-order valence-electron chi connectivity index (χ0n) is 23.7. The SMILES string of the molecule is [3H]C1C[C@@H](OP(C)OCCCC#C)[C@@H](COC(c2ccccc2)(c2ccc(OC)cc2)c2ccc(OC)cc2)O1. The van der Waals surface area contributed by atoms with E-state index < -0.39 is 26.7 Å². The van der Waals surface area contributed by atoms with Crippen molar-refractivity contribution in [3.05, 3.63) is 95.6 Å². The maximum Gasteiger partial charge on any atom is 0.167 e. The molecule has 0 bridgehead atoms. The van der Waals surface area contributed by atoms with Crippen molar-refractivity contribution in [2.24, 2.45) is 0 Å². The van der Waals surface area contributed by atoms with Gasteiger partial charge in [0.15, 0.2) is 8.38 Å². The first-order valence-corrected chi connectivity index (χ1v) is 14.7. The van der Waals surface area contributed by atoms with E-state index in [0.29, 0.717) is 19.4 Å². The summed E-state index contributed by atoms with van der Waals surface area (Å²) in [6, 6.07) is 25.9. The number of terminal acetylenes is 1. The molecule has 4 atom stereocenters. The number of rotatable bonds is 14. The van der Waals surface area contributed by atoms with Crippen LogP contribution >= 0.6 is 8.38 Å². The molecular weight excluding hydrogens is 511 g/mol. The molecule has 1 aliphatic heterocycles. The lowest BCUT2D eigenvalue weighted by Gasteiger charge is -2.37. The average molecular weight is 551 g/mol. The third-order valence-electron chi connectivity index (χ3n) is 6.67. The molecule has 7 heteroatoms. The van der Waals surface area contributed by atoms with Crippen LogP contribution in [0.1, 0.15) is 37.3 Å². The van der Waals surface area contributed by atoms with Gasteiger partial charge in [-0.3, -0.25) is 0 Å². The Bertz CT molecular complexity index is 1170. The fourth-order valence-electron chi connectivity index (χ4n) is 4.64. The van der Waals surface area contributed by atoms with Crippen molar-refractivity contribution in [3.8, 4) is 23.8 Å². The minimum atomic E-state index is -1.15. The molecule has 6 nitrogen and oxygen atoms in total. The van der Waals surface area contributed by atoms with Gasteiger partial charge >= 0.3 is 0 Å². The molecule has 39 heavy (non-hydrogen) atoms. The van der Waals surface area contributed by atoms with Gasteiger partial charge in [0.25, 0.3) is 0 Å². The second-order valence-corrected chi connectivity index (χ2v) is 10.5. The van der Waals surface area contributed by atoms with Gasteiger partial charge in [0.1, 0.15) is 23.2 Å². The highest BCUT2D eigenvalue weighted by Gasteiger charge is 2.41. The topological polar surface area (TPSA) is 55.4 Å². The van der Waals surface area contributed by atoms with Crippen LogP contribution in [-0.4, -0.2) is 52.9 Å². The maximum absolute atomic E-state index is 8.30. The second-order valence-electron chi connectivity index (χ2n) is 9.12. The molecule has 1 aliphatic rings. The molecule has 0 aromatic heterocycles. The lowest BCUT2D eigenvalue weighted by molar-refractivity contribution is -0.0658. The fraction of sp³-hybridized carbons (Fsp3) is 0.375. The molecule has 0 amide bonds. The first-order valence-electron chi connectivity index (χ1n) is 13.6. The van der Waals surface area contributed by atoms with E-state index in [0.717, 1.165) is 34.6 Å². The van der Waals surface area contributed by atoms with Gasteiger partial charge in [-0.15, -0.1) is 12.3 Å². The molecule has 1 fully saturated rings. The third-order valence-corrected chi connectivity index (χ3v) is 7.79. The maximum atomic E-state index is 8.30. The molecule has 0 N–H and O–H groups in total. The summed E-state index contributed by atoms with van der Waals surface area (Å²) in [4.78, 5) is 0. The molecule has 1 heterocycles. The van der Waals surface area contributed by atoms with Crippen LogP contribution in [0.5, 0.6) is 11.5 Å². The Kier molecular flexibility index (Phi) is 10.3. The third kappa shape index (κ3) is 7.19. The number of unbranched alkanes of at least 4 members (excludes halogenated alkanes) is 1. The van der Waals surface area contributed by atoms with Gasteiger partial charge in [0, 0.05) is 26.1 Å². The Balaban J connectivity index is 1.66. The van der Waals surface area contributed by atoms with Crippen molar-refractivity contribution in [1.29, 1.82) is 0 Å². The number of hydrogen-bond donors (Lipinski definition) is 0. The Morgan fingerprint density at radius 2 is 1.54 bits per heavy atom. The Morgan fingerprint density at radius 1 is 0.949 bits per heavy atom. The van der Waals surface area contributed by atoms with E-state index in [1.54, 1.807) is 14.2 Å². The summed E-state index contributed by atoms with van der Waals surface area (Å²) >= 11 is 0. The zero-order valence-corrected chi connectivity index (χ0v) is 23.6. The van der Waals surface area contributed by atoms with E-state index in [1.165, 1.54) is 0 Å². The summed E-state index contributed by atoms with van der Waals surface area (Å²) in [7, 11) is 2.15. The highest BCUT2D eigenvalue weighted by atomic mass is 31.2. The smallest absolute Gasteiger partial charge is 0.167 e. The fourth-order valence-corrected chi connectivity index (χ4v) is 5.69. The van der Waals surface area contributed by atoms with Gasteiger partial charge in [0.05, 0.1) is 34.9 Å². The van der Waals surface area contributed by atoms with E-state index in [2.05, 4.69) is 18.1 Å². The van der Waals surface area contributed by atoms with Crippen LogP contribution in [0.3, 0.4) is 0 Å². The molecule has 0 saturated carbocycles. The van der Waals surface area contributed by atoms with Crippen LogP contribution in [0, 0.1) is 12.3 Å². The number of ether oxygens (including phenoxy) is 4. The lowest BCUT2D eigenvalue weighted by Crippen LogP contribution is -2.38. The van der Waals surface area contributed by atoms with Gasteiger partial charge in [-0.2, -0.15) is 0 Å². The highest BCUT2D eigenvalue weighted by Crippen LogP contribution is 2.43. The van der Waals surface area contributed by atoms with E-state index in [4.69, 9.17) is 35.8 Å². The van der Waals surface area contributed by atoms with E-state index >= 15 is 0 Å². The molecule has 0 radical (unpaired) electrons. The number of hydrogen-bond acceptors (Lipinski definition) is 6. The summed E-state index contributed by atoms with van der Waals surface area (Å²) in [5.41, 5.74) is 1.84. The normalized spacial score (nSPS) is 20.2. The quantitative estimate of drug-likeness (QED) is 0.0981. The molecule has 3 aromatic rings. The zero-order chi connectivity index (χ0) is 28.4. The van der Waals surface area contributed by atoms with Gasteiger partial charge in [-0.25, -0.2) is 0 Å². The first-order chi connectivity index (χ1) is 19.5. The van der Waals surface area contributed by atoms with Crippen molar-refractivity contribution < 1.29 is 29.4 Å². The molecule has 1 saturated heterocycles. The van der Waals surface area contributed by atoms with Crippen molar-refractivity contribution in [3.63, 3.8) is 0 Å². The van der Waals surface area contributed by atoms with Crippen LogP contribution in [0.2, 0.25) is 0 Å². The minimum Gasteiger partial charge on any atom is -0.497 e. The molecule has 3 aromatic carbocycles. The summed E-state index contributed by atoms with van der Waals surface area (Å²) in [6.07, 6.45) is 6.46. The van der Waals surface area contributed by atoms with Crippen molar-refractivity contribution >= 4 is 8.38 Å². The largest absolute Gasteiger partial charge is 0.497 e. The summed E-state index contributed by atoms with van der Waals surface area (Å²) in [5, 5.41) is 0. The molecule has 2 unspecified atom stereocenters. The molecule has 0 aliphatic carbocycles. The van der Waals surface area contributed by atoms with E-state index in [1.807, 2.05) is 73.4 Å². The second kappa shape index (κ2) is 14.5. The van der Waals surface area contributed by atoms with Crippen LogP contribution in [0.15, 0.2) is 78.9 Å². The van der Waals surface area contributed by atoms with Crippen molar-refractivity contribution in [2.75, 3.05) is 40.7 Å².